The van der Waals surface area contributed by atoms with Crippen LogP contribution in [0.25, 0.3) is 10.3 Å². The van der Waals surface area contributed by atoms with E-state index in [1.807, 2.05) is 0 Å². The van der Waals surface area contributed by atoms with Gasteiger partial charge in [0.2, 0.25) is 0 Å². The number of nitrogens with one attached hydrogen (secondary N) is 1. The van der Waals surface area contributed by atoms with Gasteiger partial charge >= 0.3 is 12.1 Å². The van der Waals surface area contributed by atoms with Crippen molar-refractivity contribution in [2.75, 3.05) is 11.9 Å². The fourth-order valence-corrected chi connectivity index (χ4v) is 2.41. The van der Waals surface area contributed by atoms with Gasteiger partial charge in [-0.3, -0.25) is 5.32 Å². The summed E-state index contributed by atoms with van der Waals surface area (Å²) in [7, 11) is 1.64. The standard InChI is InChI=1S/C10H11N3O4S/c1-3-17-10(16)12-9-11-5-4-6(8(14)15)13(2)7(5)18-9/h4H,3H2,1-2H3,(H,14,15)(H,11,12,16). The van der Waals surface area contributed by atoms with E-state index in [-0.39, 0.29) is 12.3 Å². The van der Waals surface area contributed by atoms with Gasteiger partial charge in [0.15, 0.2) is 5.13 Å². The van der Waals surface area contributed by atoms with Gasteiger partial charge in [-0.05, 0) is 13.0 Å². The second-order valence-corrected chi connectivity index (χ2v) is 4.43. The molecule has 0 aliphatic carbocycles. The van der Waals surface area contributed by atoms with Crippen LogP contribution in [0.5, 0.6) is 0 Å². The second-order valence-electron chi connectivity index (χ2n) is 3.45. The molecule has 0 spiro atoms. The van der Waals surface area contributed by atoms with Crippen molar-refractivity contribution in [3.63, 3.8) is 0 Å². The third-order valence-electron chi connectivity index (χ3n) is 2.28. The Hall–Kier alpha value is -2.09. The maximum atomic E-state index is 11.2. The van der Waals surface area contributed by atoms with E-state index in [2.05, 4.69) is 10.3 Å². The van der Waals surface area contributed by atoms with E-state index in [1.165, 1.54) is 22.0 Å². The summed E-state index contributed by atoms with van der Waals surface area (Å²) in [6.07, 6.45) is -0.574. The van der Waals surface area contributed by atoms with Crippen LogP contribution >= 0.6 is 11.3 Å². The number of rotatable bonds is 3. The van der Waals surface area contributed by atoms with E-state index < -0.39 is 12.1 Å². The maximum absolute atomic E-state index is 11.2. The first-order chi connectivity index (χ1) is 8.52. The Morgan fingerprint density at radius 3 is 2.89 bits per heavy atom. The topological polar surface area (TPSA) is 93.4 Å². The number of thiazole rings is 1. The molecular weight excluding hydrogens is 258 g/mol. The summed E-state index contributed by atoms with van der Waals surface area (Å²) in [4.78, 5) is 26.9. The molecule has 0 bridgehead atoms. The number of hydrogen-bond donors (Lipinski definition) is 2. The molecule has 96 valence electrons. The van der Waals surface area contributed by atoms with E-state index in [0.29, 0.717) is 15.5 Å². The first-order valence-electron chi connectivity index (χ1n) is 5.16. The molecule has 0 aliphatic heterocycles. The molecule has 2 rings (SSSR count). The summed E-state index contributed by atoms with van der Waals surface area (Å²) in [6.45, 7) is 1.98. The fourth-order valence-electron chi connectivity index (χ4n) is 1.51. The normalized spacial score (nSPS) is 10.6. The summed E-state index contributed by atoms with van der Waals surface area (Å²) in [5, 5.41) is 11.8. The van der Waals surface area contributed by atoms with Crippen molar-refractivity contribution in [1.29, 1.82) is 0 Å². The Labute approximate surface area is 106 Å². The van der Waals surface area contributed by atoms with Gasteiger partial charge in [0.1, 0.15) is 16.0 Å². The van der Waals surface area contributed by atoms with Crippen LogP contribution in [0.2, 0.25) is 0 Å². The van der Waals surface area contributed by atoms with Gasteiger partial charge in [-0.25, -0.2) is 14.6 Å². The number of carboxylic acids is 1. The summed E-state index contributed by atoms with van der Waals surface area (Å²) in [6, 6.07) is 1.46. The van der Waals surface area contributed by atoms with Crippen molar-refractivity contribution in [3.05, 3.63) is 11.8 Å². The first kappa shape index (κ1) is 12.4. The molecule has 18 heavy (non-hydrogen) atoms. The first-order valence-corrected chi connectivity index (χ1v) is 5.98. The lowest BCUT2D eigenvalue weighted by Gasteiger charge is -2.00. The molecule has 0 aromatic carbocycles. The van der Waals surface area contributed by atoms with Crippen LogP contribution in [-0.4, -0.2) is 33.3 Å². The van der Waals surface area contributed by atoms with Gasteiger partial charge < -0.3 is 14.4 Å². The number of anilines is 1. The van der Waals surface area contributed by atoms with Crippen molar-refractivity contribution in [2.45, 2.75) is 6.92 Å². The molecule has 8 heteroatoms. The molecule has 0 fully saturated rings. The van der Waals surface area contributed by atoms with Crippen LogP contribution in [0, 0.1) is 0 Å². The van der Waals surface area contributed by atoms with Gasteiger partial charge in [0.25, 0.3) is 0 Å². The Morgan fingerprint density at radius 1 is 1.61 bits per heavy atom. The van der Waals surface area contributed by atoms with Crippen molar-refractivity contribution >= 4 is 38.9 Å². The highest BCUT2D eigenvalue weighted by Crippen LogP contribution is 2.28. The van der Waals surface area contributed by atoms with E-state index in [4.69, 9.17) is 9.84 Å². The van der Waals surface area contributed by atoms with E-state index >= 15 is 0 Å². The lowest BCUT2D eigenvalue weighted by molar-refractivity contribution is 0.0687. The fraction of sp³-hybridized carbons (Fsp3) is 0.300. The number of aromatic carboxylic acids is 1. The van der Waals surface area contributed by atoms with Gasteiger partial charge in [0.05, 0.1) is 6.61 Å². The number of carbonyl (C=O) groups excluding carboxylic acids is 1. The van der Waals surface area contributed by atoms with Crippen molar-refractivity contribution in [2.24, 2.45) is 7.05 Å². The lowest BCUT2D eigenvalue weighted by atomic mass is 10.4. The average molecular weight is 269 g/mol. The third kappa shape index (κ3) is 2.14. The molecule has 0 saturated carbocycles. The second kappa shape index (κ2) is 4.65. The zero-order valence-electron chi connectivity index (χ0n) is 9.76. The molecule has 0 unspecified atom stereocenters. The number of aromatic nitrogens is 2. The van der Waals surface area contributed by atoms with Gasteiger partial charge in [-0.15, -0.1) is 0 Å². The zero-order chi connectivity index (χ0) is 13.3. The minimum Gasteiger partial charge on any atom is -0.477 e. The largest absolute Gasteiger partial charge is 0.477 e. The van der Waals surface area contributed by atoms with Gasteiger partial charge in [-0.2, -0.15) is 0 Å². The highest BCUT2D eigenvalue weighted by Gasteiger charge is 2.16. The average Bonchev–Trinajstić information content (AvgIpc) is 2.79. The van der Waals surface area contributed by atoms with Gasteiger partial charge in [-0.1, -0.05) is 11.3 Å². The van der Waals surface area contributed by atoms with Crippen LogP contribution in [0.1, 0.15) is 17.4 Å². The number of amides is 1. The minimum atomic E-state index is -1.01. The van der Waals surface area contributed by atoms with Crippen molar-refractivity contribution < 1.29 is 19.4 Å². The highest BCUT2D eigenvalue weighted by atomic mass is 32.1. The van der Waals surface area contributed by atoms with Crippen LogP contribution in [0.15, 0.2) is 6.07 Å². The van der Waals surface area contributed by atoms with Crippen LogP contribution < -0.4 is 5.32 Å². The maximum Gasteiger partial charge on any atom is 0.413 e. The SMILES string of the molecule is CCOC(=O)Nc1nc2cc(C(=O)O)n(C)c2s1. The predicted molar refractivity (Wildman–Crippen MR) is 66.2 cm³/mol. The zero-order valence-corrected chi connectivity index (χ0v) is 10.6. The quantitative estimate of drug-likeness (QED) is 0.887. The Kier molecular flexibility index (Phi) is 3.19. The number of hydrogen-bond acceptors (Lipinski definition) is 5. The Balaban J connectivity index is 2.29. The summed E-state index contributed by atoms with van der Waals surface area (Å²) in [5.74, 6) is -1.01. The number of ether oxygens (including phenoxy) is 1. The minimum absolute atomic E-state index is 0.159. The summed E-state index contributed by atoms with van der Waals surface area (Å²) >= 11 is 1.19. The number of carboxylic acid groups (broad SMARTS) is 1. The lowest BCUT2D eigenvalue weighted by Crippen LogP contribution is -2.12. The molecule has 0 atom stereocenters. The summed E-state index contributed by atoms with van der Waals surface area (Å²) < 4.78 is 6.25. The monoisotopic (exact) mass is 269 g/mol. The number of carbonyl (C=O) groups is 2. The smallest absolute Gasteiger partial charge is 0.413 e. The number of nitrogens with zero attached hydrogens (tertiary/aromatic N) is 2. The number of aryl methyl sites for hydroxylation is 1. The molecule has 2 N–H and O–H groups in total. The summed E-state index contributed by atoms with van der Waals surface area (Å²) in [5.41, 5.74) is 0.693. The molecule has 7 nitrogen and oxygen atoms in total. The van der Waals surface area contributed by atoms with E-state index in [9.17, 15) is 9.59 Å². The molecular formula is C10H11N3O4S. The van der Waals surface area contributed by atoms with Gasteiger partial charge in [0, 0.05) is 7.05 Å². The molecule has 0 radical (unpaired) electrons. The highest BCUT2D eigenvalue weighted by molar-refractivity contribution is 7.22. The Morgan fingerprint density at radius 2 is 2.33 bits per heavy atom. The van der Waals surface area contributed by atoms with E-state index in [1.54, 1.807) is 14.0 Å². The molecule has 2 heterocycles. The van der Waals surface area contributed by atoms with Crippen molar-refractivity contribution in [3.8, 4) is 0 Å². The predicted octanol–water partition coefficient (Wildman–Crippen LogP) is 1.90. The third-order valence-corrected chi connectivity index (χ3v) is 3.34. The molecule has 1 amide bonds. The molecule has 0 aliphatic rings. The van der Waals surface area contributed by atoms with Crippen LogP contribution in [0.3, 0.4) is 0 Å². The van der Waals surface area contributed by atoms with E-state index in [0.717, 1.165) is 0 Å². The molecule has 0 saturated heterocycles. The Bertz CT molecular complexity index is 616. The van der Waals surface area contributed by atoms with Crippen molar-refractivity contribution in [1.82, 2.24) is 9.55 Å². The number of fused-ring (bicyclic) bond motifs is 1. The van der Waals surface area contributed by atoms with Crippen LogP contribution in [0.4, 0.5) is 9.93 Å². The molecule has 2 aromatic heterocycles. The van der Waals surface area contributed by atoms with Crippen LogP contribution in [-0.2, 0) is 11.8 Å². The molecule has 2 aromatic rings.